The van der Waals surface area contributed by atoms with E-state index in [0.29, 0.717) is 28.5 Å². The molecule has 5 nitrogen and oxygen atoms in total. The van der Waals surface area contributed by atoms with Crippen LogP contribution in [0.3, 0.4) is 0 Å². The van der Waals surface area contributed by atoms with Crippen LogP contribution in [0, 0.1) is 0 Å². The zero-order chi connectivity index (χ0) is 17.4. The van der Waals surface area contributed by atoms with Crippen molar-refractivity contribution in [3.8, 4) is 22.9 Å². The van der Waals surface area contributed by atoms with E-state index < -0.39 is 6.10 Å². The van der Waals surface area contributed by atoms with E-state index in [4.69, 9.17) is 9.47 Å². The number of rotatable bonds is 2. The first-order chi connectivity index (χ1) is 12.2. The van der Waals surface area contributed by atoms with E-state index in [9.17, 15) is 9.90 Å². The van der Waals surface area contributed by atoms with Crippen molar-refractivity contribution in [1.82, 2.24) is 4.98 Å². The lowest BCUT2D eigenvalue weighted by molar-refractivity contribution is 0.0600. The molecular weight excluding hydrogens is 318 g/mol. The van der Waals surface area contributed by atoms with Crippen molar-refractivity contribution in [3.63, 3.8) is 0 Å². The SMILES string of the molecule is COC(=O)c1ccc(-c2ccc3c(n2)Oc2ccccc2C3O)cc1. The number of aliphatic hydroxyl groups is 1. The standard InChI is InChI=1S/C20H15NO4/c1-24-20(23)13-8-6-12(7-9-13)16-11-10-15-18(22)14-4-2-3-5-17(14)25-19(15)21-16/h2-11,18,22H,1H3. The smallest absolute Gasteiger partial charge is 0.337 e. The number of nitrogens with zero attached hydrogens (tertiary/aromatic N) is 1. The Bertz CT molecular complexity index is 950. The topological polar surface area (TPSA) is 68.7 Å². The summed E-state index contributed by atoms with van der Waals surface area (Å²) in [6, 6.07) is 18.0. The number of benzene rings is 2. The molecular formula is C20H15NO4. The number of methoxy groups -OCH3 is 1. The lowest BCUT2D eigenvalue weighted by atomic mass is 9.98. The van der Waals surface area contributed by atoms with Gasteiger partial charge in [-0.05, 0) is 30.3 Å². The van der Waals surface area contributed by atoms with E-state index in [2.05, 4.69) is 4.98 Å². The van der Waals surface area contributed by atoms with Gasteiger partial charge in [-0.2, -0.15) is 0 Å². The van der Waals surface area contributed by atoms with Crippen molar-refractivity contribution in [2.24, 2.45) is 0 Å². The molecule has 5 heteroatoms. The van der Waals surface area contributed by atoms with E-state index in [0.717, 1.165) is 11.1 Å². The molecule has 0 saturated carbocycles. The molecule has 1 aliphatic rings. The first-order valence-electron chi connectivity index (χ1n) is 7.82. The second-order valence-electron chi connectivity index (χ2n) is 5.70. The Morgan fingerprint density at radius 2 is 1.80 bits per heavy atom. The fraction of sp³-hybridized carbons (Fsp3) is 0.100. The molecule has 4 rings (SSSR count). The highest BCUT2D eigenvalue weighted by molar-refractivity contribution is 5.89. The van der Waals surface area contributed by atoms with E-state index >= 15 is 0 Å². The van der Waals surface area contributed by atoms with Gasteiger partial charge < -0.3 is 14.6 Å². The van der Waals surface area contributed by atoms with E-state index in [-0.39, 0.29) is 5.97 Å². The minimum absolute atomic E-state index is 0.381. The highest BCUT2D eigenvalue weighted by atomic mass is 16.5. The zero-order valence-corrected chi connectivity index (χ0v) is 13.5. The number of ether oxygens (including phenoxy) is 2. The third-order valence-corrected chi connectivity index (χ3v) is 4.21. The summed E-state index contributed by atoms with van der Waals surface area (Å²) < 4.78 is 10.5. The molecule has 3 aromatic rings. The van der Waals surface area contributed by atoms with Crippen LogP contribution in [0.15, 0.2) is 60.7 Å². The van der Waals surface area contributed by atoms with Gasteiger partial charge in [-0.3, -0.25) is 0 Å². The van der Waals surface area contributed by atoms with Gasteiger partial charge in [0.05, 0.1) is 18.4 Å². The number of carbonyl (C=O) groups is 1. The average molecular weight is 333 g/mol. The number of hydrogen-bond acceptors (Lipinski definition) is 5. The second-order valence-corrected chi connectivity index (χ2v) is 5.70. The molecule has 1 aliphatic heterocycles. The Morgan fingerprint density at radius 3 is 2.56 bits per heavy atom. The molecule has 0 radical (unpaired) electrons. The van der Waals surface area contributed by atoms with Crippen LogP contribution >= 0.6 is 0 Å². The lowest BCUT2D eigenvalue weighted by Crippen LogP contribution is -2.11. The number of pyridine rings is 1. The normalized spacial score (nSPS) is 14.9. The highest BCUT2D eigenvalue weighted by Gasteiger charge is 2.26. The first-order valence-corrected chi connectivity index (χ1v) is 7.82. The van der Waals surface area contributed by atoms with Gasteiger partial charge in [0.15, 0.2) is 0 Å². The molecule has 124 valence electrons. The molecule has 2 aromatic carbocycles. The summed E-state index contributed by atoms with van der Waals surface area (Å²) in [6.07, 6.45) is -0.761. The van der Waals surface area contributed by atoms with Crippen LogP contribution in [0.1, 0.15) is 27.6 Å². The van der Waals surface area contributed by atoms with Crippen molar-refractivity contribution >= 4 is 5.97 Å². The van der Waals surface area contributed by atoms with Crippen LogP contribution in [0.4, 0.5) is 0 Å². The van der Waals surface area contributed by atoms with Crippen molar-refractivity contribution in [2.75, 3.05) is 7.11 Å². The number of aliphatic hydroxyl groups excluding tert-OH is 1. The molecule has 2 heterocycles. The third kappa shape index (κ3) is 2.64. The predicted octanol–water partition coefficient (Wildman–Crippen LogP) is 3.72. The molecule has 1 unspecified atom stereocenters. The summed E-state index contributed by atoms with van der Waals surface area (Å²) in [4.78, 5) is 16.0. The Labute approximate surface area is 144 Å². The molecule has 0 aliphatic carbocycles. The van der Waals surface area contributed by atoms with Gasteiger partial charge in [0, 0.05) is 16.7 Å². The van der Waals surface area contributed by atoms with Gasteiger partial charge in [0.2, 0.25) is 5.88 Å². The molecule has 1 N–H and O–H groups in total. The molecule has 0 spiro atoms. The van der Waals surface area contributed by atoms with Gasteiger partial charge in [-0.25, -0.2) is 9.78 Å². The summed E-state index contributed by atoms with van der Waals surface area (Å²) in [5, 5.41) is 10.5. The van der Waals surface area contributed by atoms with E-state index in [1.165, 1.54) is 7.11 Å². The van der Waals surface area contributed by atoms with Crippen LogP contribution in [0.5, 0.6) is 11.6 Å². The summed E-state index contributed by atoms with van der Waals surface area (Å²) >= 11 is 0. The quantitative estimate of drug-likeness (QED) is 0.724. The summed E-state index contributed by atoms with van der Waals surface area (Å²) in [5.74, 6) is 0.613. The van der Waals surface area contributed by atoms with Gasteiger partial charge in [-0.15, -0.1) is 0 Å². The zero-order valence-electron chi connectivity index (χ0n) is 13.5. The first kappa shape index (κ1) is 15.4. The maximum atomic E-state index is 11.5. The van der Waals surface area contributed by atoms with Crippen LogP contribution in [-0.2, 0) is 4.74 Å². The summed E-state index contributed by atoms with van der Waals surface area (Å²) in [5.41, 5.74) is 3.37. The molecule has 1 aromatic heterocycles. The van der Waals surface area contributed by atoms with Gasteiger partial charge >= 0.3 is 5.97 Å². The maximum Gasteiger partial charge on any atom is 0.337 e. The minimum Gasteiger partial charge on any atom is -0.465 e. The van der Waals surface area contributed by atoms with Crippen LogP contribution in [0.2, 0.25) is 0 Å². The van der Waals surface area contributed by atoms with Gasteiger partial charge in [-0.1, -0.05) is 30.3 Å². The minimum atomic E-state index is -0.761. The average Bonchev–Trinajstić information content (AvgIpc) is 2.67. The Balaban J connectivity index is 1.70. The summed E-state index contributed by atoms with van der Waals surface area (Å²) in [7, 11) is 1.35. The van der Waals surface area contributed by atoms with Crippen molar-refractivity contribution in [2.45, 2.75) is 6.10 Å². The van der Waals surface area contributed by atoms with E-state index in [1.54, 1.807) is 30.3 Å². The Morgan fingerprint density at radius 1 is 1.04 bits per heavy atom. The fourth-order valence-electron chi connectivity index (χ4n) is 2.87. The number of esters is 1. The van der Waals surface area contributed by atoms with Gasteiger partial charge in [0.25, 0.3) is 0 Å². The molecule has 0 amide bonds. The van der Waals surface area contributed by atoms with Crippen LogP contribution < -0.4 is 4.74 Å². The number of hydrogen-bond donors (Lipinski definition) is 1. The summed E-state index contributed by atoms with van der Waals surface area (Å²) in [6.45, 7) is 0. The monoisotopic (exact) mass is 333 g/mol. The van der Waals surface area contributed by atoms with Crippen LogP contribution in [0.25, 0.3) is 11.3 Å². The van der Waals surface area contributed by atoms with Crippen molar-refractivity contribution < 1.29 is 19.4 Å². The lowest BCUT2D eigenvalue weighted by Gasteiger charge is -2.24. The van der Waals surface area contributed by atoms with Crippen molar-refractivity contribution in [1.29, 1.82) is 0 Å². The Hall–Kier alpha value is -3.18. The predicted molar refractivity (Wildman–Crippen MR) is 91.6 cm³/mol. The molecule has 25 heavy (non-hydrogen) atoms. The second kappa shape index (κ2) is 6.03. The molecule has 0 saturated heterocycles. The van der Waals surface area contributed by atoms with Gasteiger partial charge in [0.1, 0.15) is 11.9 Å². The van der Waals surface area contributed by atoms with E-state index in [1.807, 2.05) is 30.3 Å². The Kier molecular flexibility index (Phi) is 3.71. The molecule has 0 bridgehead atoms. The number of fused-ring (bicyclic) bond motifs is 2. The fourth-order valence-corrected chi connectivity index (χ4v) is 2.87. The highest BCUT2D eigenvalue weighted by Crippen LogP contribution is 2.42. The molecule has 0 fully saturated rings. The largest absolute Gasteiger partial charge is 0.465 e. The number of para-hydroxylation sites is 1. The van der Waals surface area contributed by atoms with Crippen molar-refractivity contribution in [3.05, 3.63) is 77.4 Å². The molecule has 1 atom stereocenters. The third-order valence-electron chi connectivity index (χ3n) is 4.21. The van der Waals surface area contributed by atoms with Crippen LogP contribution in [-0.4, -0.2) is 23.2 Å². The number of aromatic nitrogens is 1. The maximum absolute atomic E-state index is 11.5. The number of carbonyl (C=O) groups excluding carboxylic acids is 1.